The first-order valence-corrected chi connectivity index (χ1v) is 9.99. The topological polar surface area (TPSA) is 122 Å². The second-order valence-electron chi connectivity index (χ2n) is 8.28. The van der Waals surface area contributed by atoms with Gasteiger partial charge in [-0.3, -0.25) is 24.5 Å². The van der Waals surface area contributed by atoms with E-state index in [0.29, 0.717) is 6.42 Å². The maximum Gasteiger partial charge on any atom is 0.324 e. The van der Waals surface area contributed by atoms with Gasteiger partial charge in [0, 0.05) is 18.1 Å². The van der Waals surface area contributed by atoms with Crippen molar-refractivity contribution >= 4 is 23.6 Å². The van der Waals surface area contributed by atoms with Crippen LogP contribution in [0.25, 0.3) is 0 Å². The smallest absolute Gasteiger partial charge is 0.324 e. The molecule has 2 saturated carbocycles. The van der Waals surface area contributed by atoms with E-state index in [4.69, 9.17) is 14.2 Å². The summed E-state index contributed by atoms with van der Waals surface area (Å²) in [6.45, 7) is 0. The van der Waals surface area contributed by atoms with Crippen molar-refractivity contribution in [2.75, 3.05) is 21.3 Å². The Hall–Kier alpha value is -3.23. The number of nitro benzene ring substituents is 1. The Labute approximate surface area is 178 Å². The van der Waals surface area contributed by atoms with Gasteiger partial charge in [0.15, 0.2) is 5.41 Å². The number of hydrogen-bond acceptors (Lipinski definition) is 8. The molecule has 0 spiro atoms. The third kappa shape index (κ3) is 2.86. The molecule has 0 radical (unpaired) electrons. The Kier molecular flexibility index (Phi) is 5.07. The highest BCUT2D eigenvalue weighted by molar-refractivity contribution is 6.02. The Morgan fingerprint density at radius 3 is 2.10 bits per heavy atom. The van der Waals surface area contributed by atoms with Crippen molar-refractivity contribution in [1.82, 2.24) is 0 Å². The summed E-state index contributed by atoms with van der Waals surface area (Å²) >= 11 is 0. The number of non-ortho nitro benzene ring substituents is 1. The van der Waals surface area contributed by atoms with Gasteiger partial charge in [0.1, 0.15) is 0 Å². The van der Waals surface area contributed by atoms with E-state index < -0.39 is 40.0 Å². The molecule has 6 unspecified atom stereocenters. The van der Waals surface area contributed by atoms with E-state index in [9.17, 15) is 24.5 Å². The summed E-state index contributed by atoms with van der Waals surface area (Å²) in [5, 5.41) is 11.0. The molecule has 2 fully saturated rings. The van der Waals surface area contributed by atoms with E-state index in [1.54, 1.807) is 12.1 Å². The van der Waals surface area contributed by atoms with Crippen LogP contribution in [0.4, 0.5) is 5.69 Å². The highest BCUT2D eigenvalue weighted by atomic mass is 16.6. The van der Waals surface area contributed by atoms with Crippen LogP contribution < -0.4 is 0 Å². The van der Waals surface area contributed by atoms with Gasteiger partial charge in [0.05, 0.1) is 32.2 Å². The number of carbonyl (C=O) groups is 3. The Morgan fingerprint density at radius 2 is 1.58 bits per heavy atom. The van der Waals surface area contributed by atoms with Gasteiger partial charge in [0.25, 0.3) is 5.69 Å². The molecule has 9 heteroatoms. The summed E-state index contributed by atoms with van der Waals surface area (Å²) in [4.78, 5) is 49.2. The van der Waals surface area contributed by atoms with Crippen LogP contribution in [0.1, 0.15) is 5.56 Å². The standard InChI is InChI=1S/C22H23NO8/c1-29-19(24)18-16-13-8-9-14(17(16)18)22(20(25)30-2,21(26)31-3)15(13)10-11-4-6-12(7-5-11)23(27)28/h4-9,13-18H,10H2,1-3H3. The molecule has 9 nitrogen and oxygen atoms in total. The van der Waals surface area contributed by atoms with Crippen LogP contribution in [-0.4, -0.2) is 44.2 Å². The normalized spacial score (nSPS) is 31.3. The minimum absolute atomic E-state index is 0.0343. The van der Waals surface area contributed by atoms with Crippen LogP contribution >= 0.6 is 0 Å². The van der Waals surface area contributed by atoms with Crippen molar-refractivity contribution in [2.45, 2.75) is 6.42 Å². The zero-order valence-electron chi connectivity index (χ0n) is 17.3. The van der Waals surface area contributed by atoms with Crippen molar-refractivity contribution in [3.05, 3.63) is 52.1 Å². The number of ether oxygens (including phenoxy) is 3. The number of benzene rings is 1. The molecule has 2 bridgehead atoms. The lowest BCUT2D eigenvalue weighted by molar-refractivity contribution is -0.384. The largest absolute Gasteiger partial charge is 0.469 e. The molecule has 0 N–H and O–H groups in total. The van der Waals surface area contributed by atoms with Crippen molar-refractivity contribution in [3.63, 3.8) is 0 Å². The highest BCUT2D eigenvalue weighted by Gasteiger charge is 2.77. The van der Waals surface area contributed by atoms with Crippen LogP contribution in [0.5, 0.6) is 0 Å². The molecule has 0 amide bonds. The molecule has 0 aromatic heterocycles. The first-order chi connectivity index (χ1) is 14.8. The van der Waals surface area contributed by atoms with Crippen molar-refractivity contribution in [1.29, 1.82) is 0 Å². The Morgan fingerprint density at radius 1 is 0.968 bits per heavy atom. The van der Waals surface area contributed by atoms with Gasteiger partial charge in [-0.1, -0.05) is 24.3 Å². The molecule has 4 aliphatic rings. The summed E-state index contributed by atoms with van der Waals surface area (Å²) < 4.78 is 15.2. The summed E-state index contributed by atoms with van der Waals surface area (Å²) in [5.74, 6) is -3.71. The molecule has 0 heterocycles. The molecular weight excluding hydrogens is 406 g/mol. The summed E-state index contributed by atoms with van der Waals surface area (Å²) in [5.41, 5.74) is -0.913. The van der Waals surface area contributed by atoms with E-state index in [2.05, 4.69) is 0 Å². The number of allylic oxidation sites excluding steroid dienone is 2. The van der Waals surface area contributed by atoms with Gasteiger partial charge in [-0.2, -0.15) is 0 Å². The monoisotopic (exact) mass is 429 g/mol. The molecule has 31 heavy (non-hydrogen) atoms. The molecule has 0 saturated heterocycles. The molecule has 1 aromatic rings. The number of nitro groups is 1. The molecule has 4 aliphatic carbocycles. The molecule has 0 aliphatic heterocycles. The van der Waals surface area contributed by atoms with Gasteiger partial charge in [-0.25, -0.2) is 0 Å². The third-order valence-electron chi connectivity index (χ3n) is 7.23. The van der Waals surface area contributed by atoms with Gasteiger partial charge in [-0.05, 0) is 35.7 Å². The second kappa shape index (κ2) is 7.47. The number of hydrogen-bond donors (Lipinski definition) is 0. The summed E-state index contributed by atoms with van der Waals surface area (Å²) in [7, 11) is 3.78. The second-order valence-corrected chi connectivity index (χ2v) is 8.28. The molecule has 164 valence electrons. The van der Waals surface area contributed by atoms with Gasteiger partial charge in [0.2, 0.25) is 0 Å². The number of nitrogens with zero attached hydrogens (tertiary/aromatic N) is 1. The maximum absolute atomic E-state index is 13.2. The third-order valence-corrected chi connectivity index (χ3v) is 7.23. The fourth-order valence-electron chi connectivity index (χ4n) is 5.98. The van der Waals surface area contributed by atoms with Gasteiger partial charge < -0.3 is 14.2 Å². The number of fused-ring (bicyclic) bond motifs is 1. The van der Waals surface area contributed by atoms with E-state index in [-0.39, 0.29) is 29.4 Å². The van der Waals surface area contributed by atoms with Crippen LogP contribution in [0.2, 0.25) is 0 Å². The Balaban J connectivity index is 1.79. The fraction of sp³-hybridized carbons (Fsp3) is 0.500. The van der Waals surface area contributed by atoms with Gasteiger partial charge in [-0.15, -0.1) is 0 Å². The average Bonchev–Trinajstić information content (AvgIpc) is 3.55. The fourth-order valence-corrected chi connectivity index (χ4v) is 5.98. The highest BCUT2D eigenvalue weighted by Crippen LogP contribution is 2.71. The first kappa shape index (κ1) is 21.0. The van der Waals surface area contributed by atoms with Crippen LogP contribution in [0.3, 0.4) is 0 Å². The van der Waals surface area contributed by atoms with Crippen LogP contribution in [-0.2, 0) is 35.0 Å². The van der Waals surface area contributed by atoms with E-state index in [1.165, 1.54) is 33.5 Å². The quantitative estimate of drug-likeness (QED) is 0.168. The van der Waals surface area contributed by atoms with Crippen LogP contribution in [0.15, 0.2) is 36.4 Å². The molecule has 6 atom stereocenters. The lowest BCUT2D eigenvalue weighted by atomic mass is 9.51. The van der Waals surface area contributed by atoms with Crippen molar-refractivity contribution in [3.8, 4) is 0 Å². The Bertz CT molecular complexity index is 952. The van der Waals surface area contributed by atoms with E-state index >= 15 is 0 Å². The van der Waals surface area contributed by atoms with Crippen molar-refractivity contribution < 1.29 is 33.5 Å². The number of esters is 3. The molecule has 1 aromatic carbocycles. The predicted octanol–water partition coefficient (Wildman–Crippen LogP) is 1.94. The molecular formula is C22H23NO8. The zero-order valence-corrected chi connectivity index (χ0v) is 17.3. The molecule has 5 rings (SSSR count). The lowest BCUT2D eigenvalue weighted by Gasteiger charge is -2.50. The number of methoxy groups -OCH3 is 3. The SMILES string of the molecule is COC(=O)C1C2C3C=CC(C12)C(C(=O)OC)(C(=O)OC)C3Cc1ccc([N+](=O)[O-])cc1. The first-order valence-electron chi connectivity index (χ1n) is 9.99. The summed E-state index contributed by atoms with van der Waals surface area (Å²) in [6.07, 6.45) is 4.09. The predicted molar refractivity (Wildman–Crippen MR) is 105 cm³/mol. The van der Waals surface area contributed by atoms with Gasteiger partial charge >= 0.3 is 17.9 Å². The van der Waals surface area contributed by atoms with Crippen LogP contribution in [0, 0.1) is 51.0 Å². The lowest BCUT2D eigenvalue weighted by Crippen LogP contribution is -2.59. The number of rotatable bonds is 6. The summed E-state index contributed by atoms with van der Waals surface area (Å²) in [6, 6.07) is 6.01. The minimum Gasteiger partial charge on any atom is -0.469 e. The minimum atomic E-state index is -1.60. The van der Waals surface area contributed by atoms with E-state index in [1.807, 2.05) is 12.2 Å². The maximum atomic E-state index is 13.2. The van der Waals surface area contributed by atoms with Crippen molar-refractivity contribution in [2.24, 2.45) is 40.9 Å². The van der Waals surface area contributed by atoms with E-state index in [0.717, 1.165) is 5.56 Å². The number of carbonyl (C=O) groups excluding carboxylic acids is 3. The zero-order chi connectivity index (χ0) is 22.5. The average molecular weight is 429 g/mol.